The molecule has 1 fully saturated rings. The van der Waals surface area contributed by atoms with Crippen LogP contribution >= 0.6 is 0 Å². The number of nitriles is 1. The Kier molecular flexibility index (Phi) is 4.33. The van der Waals surface area contributed by atoms with Gasteiger partial charge in [0.1, 0.15) is 5.56 Å². The molecule has 2 heterocycles. The Morgan fingerprint density at radius 2 is 2.42 bits per heavy atom. The molecule has 1 aliphatic carbocycles. The minimum atomic E-state index is -0.573. The van der Waals surface area contributed by atoms with Gasteiger partial charge in [-0.2, -0.15) is 10.4 Å². The van der Waals surface area contributed by atoms with Crippen LogP contribution in [0.1, 0.15) is 35.7 Å². The number of pyridine rings is 1. The normalized spacial score (nSPS) is 14.7. The molecule has 0 saturated heterocycles. The summed E-state index contributed by atoms with van der Waals surface area (Å²) in [6.45, 7) is 0. The van der Waals surface area contributed by atoms with Crippen LogP contribution in [0.3, 0.4) is 0 Å². The van der Waals surface area contributed by atoms with Gasteiger partial charge in [-0.25, -0.2) is 4.98 Å². The number of nitrogens with zero attached hydrogens (tertiary/aromatic N) is 4. The second-order valence-electron chi connectivity index (χ2n) is 5.71. The highest BCUT2D eigenvalue weighted by Gasteiger charge is 2.33. The minimum absolute atomic E-state index is 0.0318. The molecule has 1 atom stereocenters. The number of primary amides is 1. The topological polar surface area (TPSA) is 119 Å². The summed E-state index contributed by atoms with van der Waals surface area (Å²) in [6.07, 6.45) is 5.70. The zero-order valence-corrected chi connectivity index (χ0v) is 13.3. The van der Waals surface area contributed by atoms with Crippen LogP contribution in [0.5, 0.6) is 5.88 Å². The van der Waals surface area contributed by atoms with Crippen LogP contribution in [0.4, 0.5) is 11.5 Å². The summed E-state index contributed by atoms with van der Waals surface area (Å²) in [4.78, 5) is 15.8. The van der Waals surface area contributed by atoms with Crippen molar-refractivity contribution >= 4 is 17.4 Å². The highest BCUT2D eigenvalue weighted by molar-refractivity contribution is 5.98. The first-order valence-corrected chi connectivity index (χ1v) is 7.65. The fourth-order valence-electron chi connectivity index (χ4n) is 2.62. The molecule has 0 aliphatic heterocycles. The molecular formula is C16H18N6O2. The molecule has 1 unspecified atom stereocenters. The van der Waals surface area contributed by atoms with E-state index < -0.39 is 5.91 Å². The standard InChI is InChI=1S/C16H18N6O2/c1-24-14-8-11(5-7-19-14)20-16-12(15(18)23)9-22(21-16)13(4-6-17)10-2-3-10/h5,7-10,13H,2-4H2,1H3,(H2,18,23)(H,19,20,21). The van der Waals surface area contributed by atoms with Crippen molar-refractivity contribution in [3.63, 3.8) is 0 Å². The molecule has 8 heteroatoms. The molecule has 0 bridgehead atoms. The molecule has 8 nitrogen and oxygen atoms in total. The molecule has 0 radical (unpaired) electrons. The second-order valence-corrected chi connectivity index (χ2v) is 5.71. The lowest BCUT2D eigenvalue weighted by atomic mass is 10.1. The van der Waals surface area contributed by atoms with Crippen molar-refractivity contribution in [2.75, 3.05) is 12.4 Å². The average Bonchev–Trinajstić information content (AvgIpc) is 3.33. The lowest BCUT2D eigenvalue weighted by Gasteiger charge is -2.12. The summed E-state index contributed by atoms with van der Waals surface area (Å²) in [5, 5.41) is 16.6. The summed E-state index contributed by atoms with van der Waals surface area (Å²) in [7, 11) is 1.53. The summed E-state index contributed by atoms with van der Waals surface area (Å²) in [5.41, 5.74) is 6.43. The van der Waals surface area contributed by atoms with Crippen molar-refractivity contribution in [2.24, 2.45) is 11.7 Å². The largest absolute Gasteiger partial charge is 0.481 e. The Balaban J connectivity index is 1.91. The van der Waals surface area contributed by atoms with Crippen LogP contribution in [0, 0.1) is 17.2 Å². The summed E-state index contributed by atoms with van der Waals surface area (Å²) >= 11 is 0. The van der Waals surface area contributed by atoms with Crippen LogP contribution in [0.25, 0.3) is 0 Å². The Bertz CT molecular complexity index is 790. The van der Waals surface area contributed by atoms with E-state index in [9.17, 15) is 4.79 Å². The van der Waals surface area contributed by atoms with E-state index in [1.165, 1.54) is 7.11 Å². The predicted octanol–water partition coefficient (Wildman–Crippen LogP) is 1.99. The van der Waals surface area contributed by atoms with E-state index in [2.05, 4.69) is 21.5 Å². The molecular weight excluding hydrogens is 308 g/mol. The van der Waals surface area contributed by atoms with Gasteiger partial charge in [-0.1, -0.05) is 0 Å². The van der Waals surface area contributed by atoms with E-state index in [-0.39, 0.29) is 11.6 Å². The number of rotatable bonds is 7. The second kappa shape index (κ2) is 6.58. The Morgan fingerprint density at radius 1 is 1.62 bits per heavy atom. The number of carbonyl (C=O) groups is 1. The Labute approximate surface area is 139 Å². The number of aromatic nitrogens is 3. The van der Waals surface area contributed by atoms with Crippen molar-refractivity contribution in [3.05, 3.63) is 30.1 Å². The number of nitrogens with one attached hydrogen (secondary N) is 1. The highest BCUT2D eigenvalue weighted by atomic mass is 16.5. The fourth-order valence-corrected chi connectivity index (χ4v) is 2.62. The first-order valence-electron chi connectivity index (χ1n) is 7.65. The molecule has 124 valence electrons. The van der Waals surface area contributed by atoms with Gasteiger partial charge in [-0.05, 0) is 24.8 Å². The van der Waals surface area contributed by atoms with E-state index in [4.69, 9.17) is 15.7 Å². The highest BCUT2D eigenvalue weighted by Crippen LogP contribution is 2.41. The Morgan fingerprint density at radius 3 is 3.04 bits per heavy atom. The molecule has 2 aromatic rings. The third kappa shape index (κ3) is 3.30. The van der Waals surface area contributed by atoms with Crippen LogP contribution in [-0.4, -0.2) is 27.8 Å². The molecule has 1 amide bonds. The smallest absolute Gasteiger partial charge is 0.254 e. The number of carbonyl (C=O) groups excluding carboxylic acids is 1. The molecule has 0 aromatic carbocycles. The van der Waals surface area contributed by atoms with Gasteiger partial charge in [0.05, 0.1) is 25.6 Å². The lowest BCUT2D eigenvalue weighted by molar-refractivity contribution is 0.100. The molecule has 3 rings (SSSR count). The van der Waals surface area contributed by atoms with Crippen molar-refractivity contribution in [1.29, 1.82) is 5.26 Å². The van der Waals surface area contributed by atoms with Gasteiger partial charge in [0.15, 0.2) is 5.82 Å². The maximum atomic E-state index is 11.7. The predicted molar refractivity (Wildman–Crippen MR) is 86.8 cm³/mol. The van der Waals surface area contributed by atoms with Crippen molar-refractivity contribution in [2.45, 2.75) is 25.3 Å². The van der Waals surface area contributed by atoms with Gasteiger partial charge in [0.2, 0.25) is 5.88 Å². The van der Waals surface area contributed by atoms with Crippen LogP contribution < -0.4 is 15.8 Å². The van der Waals surface area contributed by atoms with Gasteiger partial charge in [-0.3, -0.25) is 9.48 Å². The van der Waals surface area contributed by atoms with E-state index >= 15 is 0 Å². The maximum Gasteiger partial charge on any atom is 0.254 e. The number of methoxy groups -OCH3 is 1. The lowest BCUT2D eigenvalue weighted by Crippen LogP contribution is -2.12. The third-order valence-corrected chi connectivity index (χ3v) is 4.01. The minimum Gasteiger partial charge on any atom is -0.481 e. The molecule has 24 heavy (non-hydrogen) atoms. The molecule has 2 aromatic heterocycles. The van der Waals surface area contributed by atoms with E-state index in [1.807, 2.05) is 0 Å². The zero-order chi connectivity index (χ0) is 17.1. The van der Waals surface area contributed by atoms with Gasteiger partial charge < -0.3 is 15.8 Å². The number of nitrogens with two attached hydrogens (primary N) is 1. The number of ether oxygens (including phenoxy) is 1. The summed E-state index contributed by atoms with van der Waals surface area (Å²) < 4.78 is 6.76. The van der Waals surface area contributed by atoms with E-state index in [1.54, 1.807) is 29.2 Å². The molecule has 0 spiro atoms. The third-order valence-electron chi connectivity index (χ3n) is 4.01. The Hall–Kier alpha value is -3.08. The fraction of sp³-hybridized carbons (Fsp3) is 0.375. The number of anilines is 2. The van der Waals surface area contributed by atoms with Gasteiger partial charge in [0, 0.05) is 24.1 Å². The molecule has 3 N–H and O–H groups in total. The number of amides is 1. The first kappa shape index (κ1) is 15.8. The van der Waals surface area contributed by atoms with Crippen LogP contribution in [-0.2, 0) is 0 Å². The molecule has 1 aliphatic rings. The monoisotopic (exact) mass is 326 g/mol. The first-order chi connectivity index (χ1) is 11.6. The average molecular weight is 326 g/mol. The van der Waals surface area contributed by atoms with Gasteiger partial charge >= 0.3 is 0 Å². The van der Waals surface area contributed by atoms with Crippen LogP contribution in [0.15, 0.2) is 24.5 Å². The number of hydrogen-bond donors (Lipinski definition) is 2. The summed E-state index contributed by atoms with van der Waals surface area (Å²) in [5.74, 6) is 0.662. The van der Waals surface area contributed by atoms with E-state index in [0.29, 0.717) is 29.7 Å². The van der Waals surface area contributed by atoms with Gasteiger partial charge in [0.25, 0.3) is 5.91 Å². The summed E-state index contributed by atoms with van der Waals surface area (Å²) in [6, 6.07) is 5.58. The number of hydrogen-bond acceptors (Lipinski definition) is 6. The molecule has 1 saturated carbocycles. The quantitative estimate of drug-likeness (QED) is 0.803. The van der Waals surface area contributed by atoms with E-state index in [0.717, 1.165) is 12.8 Å². The maximum absolute atomic E-state index is 11.7. The van der Waals surface area contributed by atoms with Crippen molar-refractivity contribution < 1.29 is 9.53 Å². The zero-order valence-electron chi connectivity index (χ0n) is 13.3. The van der Waals surface area contributed by atoms with Gasteiger partial charge in [-0.15, -0.1) is 0 Å². The van der Waals surface area contributed by atoms with Crippen molar-refractivity contribution in [3.8, 4) is 11.9 Å². The SMILES string of the molecule is COc1cc(Nc2nn(C(CC#N)C3CC3)cc2C(N)=O)ccn1. The van der Waals surface area contributed by atoms with Crippen molar-refractivity contribution in [1.82, 2.24) is 14.8 Å². The van der Waals surface area contributed by atoms with Crippen LogP contribution in [0.2, 0.25) is 0 Å².